The van der Waals surface area contributed by atoms with Gasteiger partial charge in [0.15, 0.2) is 37.0 Å². The van der Waals surface area contributed by atoms with Crippen LogP contribution in [0.15, 0.2) is 0 Å². The third kappa shape index (κ3) is 4.21. The fourth-order valence-corrected chi connectivity index (χ4v) is 0.993. The Morgan fingerprint density at radius 2 is 0.722 bits per heavy atom. The molecule has 0 fully saturated rings. The molecule has 0 heterocycles. The Kier molecular flexibility index (Phi) is 6.79. The lowest BCUT2D eigenvalue weighted by Crippen LogP contribution is -2.46. The summed E-state index contributed by atoms with van der Waals surface area (Å²) in [6, 6.07) is 0. The van der Waals surface area contributed by atoms with Crippen molar-refractivity contribution in [1.29, 1.82) is 0 Å². The number of aliphatic hydroxyl groups excluding tert-OH is 1. The molecule has 7 atom stereocenters. The van der Waals surface area contributed by atoms with Crippen molar-refractivity contribution in [3.8, 4) is 0 Å². The molecule has 0 rings (SSSR count). The van der Waals surface area contributed by atoms with E-state index in [0.29, 0.717) is 0 Å². The van der Waals surface area contributed by atoms with Gasteiger partial charge in [0.05, 0.1) is 0 Å². The molecule has 0 aromatic carbocycles. The molecule has 0 aromatic rings. The first-order chi connectivity index (χ1) is 8.11. The highest BCUT2D eigenvalue weighted by Crippen LogP contribution is 2.27. The Balaban J connectivity index is 4.63. The first-order valence-corrected chi connectivity index (χ1v) is 4.56. The van der Waals surface area contributed by atoms with Crippen LogP contribution in [0.1, 0.15) is 0 Å². The summed E-state index contributed by atoms with van der Waals surface area (Å²) < 4.78 is 110. The third-order valence-electron chi connectivity index (χ3n) is 2.02. The van der Waals surface area contributed by atoms with Gasteiger partial charge < -0.3 is 5.11 Å². The van der Waals surface area contributed by atoms with E-state index in [2.05, 4.69) is 0 Å². The van der Waals surface area contributed by atoms with E-state index < -0.39 is 49.8 Å². The zero-order chi connectivity index (χ0) is 14.6. The highest BCUT2D eigenvalue weighted by Gasteiger charge is 2.47. The van der Waals surface area contributed by atoms with E-state index in [1.807, 2.05) is 0 Å². The average molecular weight is 292 g/mol. The second-order valence-electron chi connectivity index (χ2n) is 3.37. The van der Waals surface area contributed by atoms with Crippen LogP contribution in [0.25, 0.3) is 0 Å². The van der Waals surface area contributed by atoms with Crippen molar-refractivity contribution in [3.63, 3.8) is 0 Å². The van der Waals surface area contributed by atoms with Gasteiger partial charge in [-0.15, -0.1) is 0 Å². The van der Waals surface area contributed by atoms with E-state index in [1.165, 1.54) is 0 Å². The molecule has 0 bridgehead atoms. The van der Waals surface area contributed by atoms with Crippen molar-refractivity contribution in [2.45, 2.75) is 49.8 Å². The van der Waals surface area contributed by atoms with Crippen molar-refractivity contribution >= 4 is 0 Å². The zero-order valence-electron chi connectivity index (χ0n) is 8.47. The van der Waals surface area contributed by atoms with Crippen LogP contribution in [0.3, 0.4) is 0 Å². The maximum absolute atomic E-state index is 12.8. The summed E-state index contributed by atoms with van der Waals surface area (Å²) >= 11 is 0. The Bertz CT molecular complexity index is 215. The zero-order valence-corrected chi connectivity index (χ0v) is 8.47. The number of halogens is 9. The van der Waals surface area contributed by atoms with Gasteiger partial charge in [0.25, 0.3) is 6.43 Å². The molecule has 18 heavy (non-hydrogen) atoms. The molecular formula is C8H9F9O. The first kappa shape index (κ1) is 17.3. The molecule has 0 aliphatic carbocycles. The van der Waals surface area contributed by atoms with Crippen LogP contribution in [0, 0.1) is 0 Å². The van der Waals surface area contributed by atoms with Gasteiger partial charge >= 0.3 is 0 Å². The molecular weight excluding hydrogens is 283 g/mol. The maximum Gasteiger partial charge on any atom is 0.272 e. The van der Waals surface area contributed by atoms with Gasteiger partial charge in [-0.05, 0) is 0 Å². The van der Waals surface area contributed by atoms with Gasteiger partial charge in [0.1, 0.15) is 0 Å². The lowest BCUT2D eigenvalue weighted by atomic mass is 10.0. The molecule has 7 unspecified atom stereocenters. The van der Waals surface area contributed by atoms with E-state index in [1.54, 1.807) is 0 Å². The topological polar surface area (TPSA) is 20.2 Å². The molecule has 0 amide bonds. The number of alkyl halides is 9. The molecule has 10 heteroatoms. The van der Waals surface area contributed by atoms with Gasteiger partial charge in [-0.1, -0.05) is 0 Å². The van der Waals surface area contributed by atoms with Crippen molar-refractivity contribution in [2.24, 2.45) is 0 Å². The van der Waals surface area contributed by atoms with Gasteiger partial charge in [0, 0.05) is 0 Å². The van der Waals surface area contributed by atoms with Crippen molar-refractivity contribution < 1.29 is 44.6 Å². The molecule has 110 valence electrons. The fourth-order valence-electron chi connectivity index (χ4n) is 0.993. The average Bonchev–Trinajstić information content (AvgIpc) is 2.32. The lowest BCUT2D eigenvalue weighted by Gasteiger charge is -2.24. The minimum absolute atomic E-state index is 3.51. The number of hydrogen-bond acceptors (Lipinski definition) is 1. The largest absolute Gasteiger partial charge is 0.362 e. The predicted octanol–water partition coefficient (Wildman–Crippen LogP) is 2.57. The van der Waals surface area contributed by atoms with Gasteiger partial charge in [-0.2, -0.15) is 0 Å². The maximum atomic E-state index is 12.8. The molecule has 0 aromatic heterocycles. The smallest absolute Gasteiger partial charge is 0.272 e. The molecule has 0 radical (unpaired) electrons. The highest BCUT2D eigenvalue weighted by atomic mass is 19.3. The summed E-state index contributed by atoms with van der Waals surface area (Å²) in [6.45, 7) is 0. The SMILES string of the molecule is OC(F)C(F)C(F)C(F)C(F)C(F)C(F)C(F)F. The van der Waals surface area contributed by atoms with Crippen LogP contribution in [0.2, 0.25) is 0 Å². The molecule has 0 spiro atoms. The minimum Gasteiger partial charge on any atom is -0.362 e. The van der Waals surface area contributed by atoms with Crippen LogP contribution in [0.5, 0.6) is 0 Å². The van der Waals surface area contributed by atoms with Crippen LogP contribution in [-0.4, -0.2) is 54.9 Å². The molecule has 1 nitrogen and oxygen atoms in total. The van der Waals surface area contributed by atoms with Crippen molar-refractivity contribution in [2.75, 3.05) is 0 Å². The van der Waals surface area contributed by atoms with Crippen LogP contribution < -0.4 is 0 Å². The molecule has 1 N–H and O–H groups in total. The van der Waals surface area contributed by atoms with E-state index in [9.17, 15) is 39.5 Å². The third-order valence-corrected chi connectivity index (χ3v) is 2.02. The number of aliphatic hydroxyl groups is 1. The Morgan fingerprint density at radius 1 is 0.444 bits per heavy atom. The number of rotatable bonds is 7. The summed E-state index contributed by atoms with van der Waals surface area (Å²) in [7, 11) is 0. The first-order valence-electron chi connectivity index (χ1n) is 4.56. The van der Waals surface area contributed by atoms with Crippen LogP contribution in [-0.2, 0) is 0 Å². The standard InChI is InChI=1S/C8H9F9O/c9-1(3(11)5(13)7(15)16)2(10)4(12)6(14)8(17)18/h1-8,18H. The van der Waals surface area contributed by atoms with E-state index in [-0.39, 0.29) is 0 Å². The molecule has 0 aliphatic heterocycles. The second-order valence-corrected chi connectivity index (χ2v) is 3.37. The Hall–Kier alpha value is -0.670. The highest BCUT2D eigenvalue weighted by molar-refractivity contribution is 4.90. The second kappa shape index (κ2) is 7.05. The lowest BCUT2D eigenvalue weighted by molar-refractivity contribution is -0.0979. The van der Waals surface area contributed by atoms with E-state index in [4.69, 9.17) is 5.11 Å². The fraction of sp³-hybridized carbons (Fsp3) is 1.00. The van der Waals surface area contributed by atoms with Crippen LogP contribution in [0.4, 0.5) is 39.5 Å². The van der Waals surface area contributed by atoms with Gasteiger partial charge in [0.2, 0.25) is 6.36 Å². The van der Waals surface area contributed by atoms with E-state index in [0.717, 1.165) is 0 Å². The summed E-state index contributed by atoms with van der Waals surface area (Å²) in [5.74, 6) is 0. The summed E-state index contributed by atoms with van der Waals surface area (Å²) in [5, 5.41) is 7.90. The molecule has 0 aliphatic rings. The Morgan fingerprint density at radius 3 is 1.00 bits per heavy atom. The van der Waals surface area contributed by atoms with Crippen molar-refractivity contribution in [3.05, 3.63) is 0 Å². The number of hydrogen-bond donors (Lipinski definition) is 1. The summed E-state index contributed by atoms with van der Waals surface area (Å²) in [5.41, 5.74) is 0. The molecule has 0 saturated heterocycles. The predicted molar refractivity (Wildman–Crippen MR) is 42.5 cm³/mol. The minimum atomic E-state index is -3.99. The summed E-state index contributed by atoms with van der Waals surface area (Å²) in [4.78, 5) is 0. The van der Waals surface area contributed by atoms with Gasteiger partial charge in [-0.3, -0.25) is 0 Å². The summed E-state index contributed by atoms with van der Waals surface area (Å²) in [6.07, 6.45) is -29.7. The van der Waals surface area contributed by atoms with Gasteiger partial charge in [-0.25, -0.2) is 39.5 Å². The van der Waals surface area contributed by atoms with E-state index >= 15 is 0 Å². The van der Waals surface area contributed by atoms with Crippen molar-refractivity contribution in [1.82, 2.24) is 0 Å². The van der Waals surface area contributed by atoms with Crippen LogP contribution >= 0.6 is 0 Å². The quantitative estimate of drug-likeness (QED) is 0.715. The Labute approximate surface area is 95.6 Å². The molecule has 0 saturated carbocycles. The monoisotopic (exact) mass is 292 g/mol. The normalized spacial score (nSPS) is 24.2.